The molecule has 1 aromatic carbocycles. The highest BCUT2D eigenvalue weighted by Gasteiger charge is 2.16. The second-order valence-electron chi connectivity index (χ2n) is 6.10. The first-order valence-electron chi connectivity index (χ1n) is 8.34. The monoisotopic (exact) mass is 311 g/mol. The van der Waals surface area contributed by atoms with Crippen molar-refractivity contribution in [1.82, 2.24) is 14.8 Å². The van der Waals surface area contributed by atoms with E-state index in [9.17, 15) is 0 Å². The maximum Gasteiger partial charge on any atom is 0.119 e. The maximum atomic E-state index is 5.82. The lowest BCUT2D eigenvalue weighted by Gasteiger charge is -2.34. The summed E-state index contributed by atoms with van der Waals surface area (Å²) in [5.74, 6) is 0.962. The summed E-state index contributed by atoms with van der Waals surface area (Å²) in [4.78, 5) is 9.35. The molecule has 1 saturated heterocycles. The summed E-state index contributed by atoms with van der Waals surface area (Å²) in [6, 6.07) is 14.4. The molecule has 0 saturated carbocycles. The molecule has 2 aromatic rings. The number of ether oxygens (including phenoxy) is 1. The summed E-state index contributed by atoms with van der Waals surface area (Å²) >= 11 is 0. The van der Waals surface area contributed by atoms with Gasteiger partial charge in [0.05, 0.1) is 5.69 Å². The third-order valence-electron chi connectivity index (χ3n) is 4.27. The largest absolute Gasteiger partial charge is 0.492 e. The molecule has 0 unspecified atom stereocenters. The number of hydrogen-bond acceptors (Lipinski definition) is 4. The van der Waals surface area contributed by atoms with Gasteiger partial charge in [0.15, 0.2) is 0 Å². The quantitative estimate of drug-likeness (QED) is 0.820. The van der Waals surface area contributed by atoms with Crippen molar-refractivity contribution in [3.63, 3.8) is 0 Å². The molecule has 0 spiro atoms. The Morgan fingerprint density at radius 2 is 1.70 bits per heavy atom. The van der Waals surface area contributed by atoms with Gasteiger partial charge in [0.2, 0.25) is 0 Å². The fourth-order valence-electron chi connectivity index (χ4n) is 2.82. The molecule has 0 aliphatic carbocycles. The van der Waals surface area contributed by atoms with Gasteiger partial charge in [0.25, 0.3) is 0 Å². The molecule has 4 heteroatoms. The minimum Gasteiger partial charge on any atom is -0.492 e. The topological polar surface area (TPSA) is 28.6 Å². The molecule has 0 atom stereocenters. The van der Waals surface area contributed by atoms with Crippen molar-refractivity contribution < 1.29 is 4.74 Å². The van der Waals surface area contributed by atoms with E-state index in [0.717, 1.165) is 57.3 Å². The summed E-state index contributed by atoms with van der Waals surface area (Å²) in [7, 11) is 0. The summed E-state index contributed by atoms with van der Waals surface area (Å²) in [5, 5.41) is 0. The van der Waals surface area contributed by atoms with Crippen molar-refractivity contribution in [2.75, 3.05) is 39.3 Å². The molecule has 0 amide bonds. The molecule has 2 heterocycles. The Morgan fingerprint density at radius 3 is 2.39 bits per heavy atom. The Balaban J connectivity index is 1.35. The zero-order valence-electron chi connectivity index (χ0n) is 13.8. The van der Waals surface area contributed by atoms with E-state index in [-0.39, 0.29) is 0 Å². The standard InChI is InChI=1S/C19H25N3O/c1-17-5-7-19(8-6-17)23-15-14-21-10-12-22(13-11-21)16-18-4-2-3-9-20-18/h2-9H,10-16H2,1H3. The zero-order valence-corrected chi connectivity index (χ0v) is 13.8. The van der Waals surface area contributed by atoms with Crippen LogP contribution in [0.4, 0.5) is 0 Å². The van der Waals surface area contributed by atoms with Gasteiger partial charge >= 0.3 is 0 Å². The molecule has 1 aliphatic heterocycles. The van der Waals surface area contributed by atoms with Gasteiger partial charge in [-0.25, -0.2) is 0 Å². The van der Waals surface area contributed by atoms with Crippen LogP contribution < -0.4 is 4.74 Å². The molecule has 3 rings (SSSR count). The van der Waals surface area contributed by atoms with E-state index >= 15 is 0 Å². The molecule has 122 valence electrons. The van der Waals surface area contributed by atoms with Crippen molar-refractivity contribution in [2.45, 2.75) is 13.5 Å². The molecule has 4 nitrogen and oxygen atoms in total. The Bertz CT molecular complexity index is 577. The second-order valence-corrected chi connectivity index (χ2v) is 6.10. The average Bonchev–Trinajstić information content (AvgIpc) is 2.59. The number of piperazine rings is 1. The third kappa shape index (κ3) is 5.05. The molecule has 0 radical (unpaired) electrons. The van der Waals surface area contributed by atoms with Crippen molar-refractivity contribution in [3.05, 3.63) is 59.9 Å². The van der Waals surface area contributed by atoms with Crippen LogP contribution in [0.15, 0.2) is 48.7 Å². The lowest BCUT2D eigenvalue weighted by Crippen LogP contribution is -2.47. The second kappa shape index (κ2) is 8.09. The molecule has 23 heavy (non-hydrogen) atoms. The predicted molar refractivity (Wildman–Crippen MR) is 92.6 cm³/mol. The zero-order chi connectivity index (χ0) is 15.9. The van der Waals surface area contributed by atoms with E-state index in [4.69, 9.17) is 4.74 Å². The molecule has 1 fully saturated rings. The number of pyridine rings is 1. The first kappa shape index (κ1) is 16.0. The number of aromatic nitrogens is 1. The highest BCUT2D eigenvalue weighted by molar-refractivity contribution is 5.26. The van der Waals surface area contributed by atoms with Gasteiger partial charge in [-0.2, -0.15) is 0 Å². The van der Waals surface area contributed by atoms with E-state index in [2.05, 4.69) is 46.0 Å². The van der Waals surface area contributed by atoms with Crippen LogP contribution in [0.3, 0.4) is 0 Å². The van der Waals surface area contributed by atoms with Crippen LogP contribution in [-0.2, 0) is 6.54 Å². The maximum absolute atomic E-state index is 5.82. The van der Waals surface area contributed by atoms with Crippen molar-refractivity contribution in [2.24, 2.45) is 0 Å². The summed E-state index contributed by atoms with van der Waals surface area (Å²) in [5.41, 5.74) is 2.42. The first-order valence-corrected chi connectivity index (χ1v) is 8.34. The lowest BCUT2D eigenvalue weighted by molar-refractivity contribution is 0.111. The number of aryl methyl sites for hydroxylation is 1. The van der Waals surface area contributed by atoms with Gasteiger partial charge in [-0.1, -0.05) is 23.8 Å². The number of benzene rings is 1. The number of hydrogen-bond donors (Lipinski definition) is 0. The van der Waals surface area contributed by atoms with Gasteiger partial charge in [-0.05, 0) is 31.2 Å². The fraction of sp³-hybridized carbons (Fsp3) is 0.421. The Labute approximate surface area is 138 Å². The van der Waals surface area contributed by atoms with Gasteiger partial charge in [-0.3, -0.25) is 14.8 Å². The van der Waals surface area contributed by atoms with Gasteiger partial charge < -0.3 is 4.74 Å². The van der Waals surface area contributed by atoms with Crippen molar-refractivity contribution >= 4 is 0 Å². The highest BCUT2D eigenvalue weighted by Crippen LogP contribution is 2.12. The van der Waals surface area contributed by atoms with E-state index in [1.165, 1.54) is 5.56 Å². The SMILES string of the molecule is Cc1ccc(OCCN2CCN(Cc3ccccn3)CC2)cc1. The first-order chi connectivity index (χ1) is 11.3. The smallest absolute Gasteiger partial charge is 0.119 e. The van der Waals surface area contributed by atoms with Crippen LogP contribution in [0.25, 0.3) is 0 Å². The minimum atomic E-state index is 0.753. The Morgan fingerprint density at radius 1 is 0.957 bits per heavy atom. The molecule has 0 bridgehead atoms. The van der Waals surface area contributed by atoms with Crippen LogP contribution >= 0.6 is 0 Å². The molecule has 0 N–H and O–H groups in total. The van der Waals surface area contributed by atoms with Crippen molar-refractivity contribution in [3.8, 4) is 5.75 Å². The summed E-state index contributed by atoms with van der Waals surface area (Å²) in [6.45, 7) is 9.19. The Hall–Kier alpha value is -1.91. The molecule has 1 aliphatic rings. The van der Waals surface area contributed by atoms with Crippen LogP contribution in [-0.4, -0.2) is 54.1 Å². The average molecular weight is 311 g/mol. The van der Waals surface area contributed by atoms with Gasteiger partial charge in [0, 0.05) is 45.5 Å². The van der Waals surface area contributed by atoms with E-state index in [1.807, 2.05) is 24.4 Å². The highest BCUT2D eigenvalue weighted by atomic mass is 16.5. The van der Waals surface area contributed by atoms with Crippen LogP contribution in [0.2, 0.25) is 0 Å². The van der Waals surface area contributed by atoms with Crippen LogP contribution in [0, 0.1) is 6.92 Å². The molecular weight excluding hydrogens is 286 g/mol. The predicted octanol–water partition coefficient (Wildman–Crippen LogP) is 2.59. The van der Waals surface area contributed by atoms with Gasteiger partial charge in [0.1, 0.15) is 12.4 Å². The fourth-order valence-corrected chi connectivity index (χ4v) is 2.82. The van der Waals surface area contributed by atoms with Crippen LogP contribution in [0.5, 0.6) is 5.75 Å². The third-order valence-corrected chi connectivity index (χ3v) is 4.27. The normalized spacial score (nSPS) is 16.4. The molecular formula is C19H25N3O. The van der Waals surface area contributed by atoms with E-state index < -0.39 is 0 Å². The van der Waals surface area contributed by atoms with Crippen molar-refractivity contribution in [1.29, 1.82) is 0 Å². The van der Waals surface area contributed by atoms with Crippen LogP contribution in [0.1, 0.15) is 11.3 Å². The van der Waals surface area contributed by atoms with E-state index in [0.29, 0.717) is 0 Å². The number of nitrogens with zero attached hydrogens (tertiary/aromatic N) is 3. The summed E-state index contributed by atoms with van der Waals surface area (Å²) in [6.07, 6.45) is 1.87. The Kier molecular flexibility index (Phi) is 5.61. The van der Waals surface area contributed by atoms with Gasteiger partial charge in [-0.15, -0.1) is 0 Å². The summed E-state index contributed by atoms with van der Waals surface area (Å²) < 4.78 is 5.82. The van der Waals surface area contributed by atoms with E-state index in [1.54, 1.807) is 0 Å². The minimum absolute atomic E-state index is 0.753. The lowest BCUT2D eigenvalue weighted by atomic mass is 10.2. The molecule has 1 aromatic heterocycles. The number of rotatable bonds is 6.